The van der Waals surface area contributed by atoms with E-state index in [9.17, 15) is 4.79 Å². The van der Waals surface area contributed by atoms with Gasteiger partial charge in [-0.2, -0.15) is 0 Å². The second-order valence-corrected chi connectivity index (χ2v) is 4.42. The lowest BCUT2D eigenvalue weighted by atomic mass is 10.00. The number of benzene rings is 1. The quantitative estimate of drug-likeness (QED) is 0.580. The van der Waals surface area contributed by atoms with Gasteiger partial charge in [0, 0.05) is 5.57 Å². The maximum atomic E-state index is 11.6. The zero-order chi connectivity index (χ0) is 13.5. The van der Waals surface area contributed by atoms with Crippen molar-refractivity contribution in [3.63, 3.8) is 0 Å². The number of allylic oxidation sites excluding steroid dienone is 1. The summed E-state index contributed by atoms with van der Waals surface area (Å²) in [4.78, 5) is 11.6. The Bertz CT molecular complexity index is 427. The summed E-state index contributed by atoms with van der Waals surface area (Å²) in [5.41, 5.74) is 4.08. The first-order valence-electron chi connectivity index (χ1n) is 6.54. The molecule has 1 aromatic rings. The van der Waals surface area contributed by atoms with Gasteiger partial charge in [0.2, 0.25) is 0 Å². The van der Waals surface area contributed by atoms with Gasteiger partial charge in [0.1, 0.15) is 0 Å². The van der Waals surface area contributed by atoms with E-state index in [1.54, 1.807) is 0 Å². The van der Waals surface area contributed by atoms with E-state index < -0.39 is 0 Å². The molecule has 0 fully saturated rings. The van der Waals surface area contributed by atoms with Crippen molar-refractivity contribution < 1.29 is 9.53 Å². The molecule has 0 N–H and O–H groups in total. The lowest BCUT2D eigenvalue weighted by Gasteiger charge is -2.08. The number of esters is 1. The zero-order valence-corrected chi connectivity index (χ0v) is 11.7. The number of carbonyl (C=O) groups excluding carboxylic acids is 1. The minimum atomic E-state index is -0.229. The normalized spacial score (nSPS) is 12.0. The smallest absolute Gasteiger partial charge is 0.333 e. The van der Waals surface area contributed by atoms with Crippen LogP contribution in [0, 0.1) is 0 Å². The van der Waals surface area contributed by atoms with Crippen LogP contribution in [0.1, 0.15) is 45.2 Å². The molecule has 0 aliphatic rings. The van der Waals surface area contributed by atoms with E-state index in [-0.39, 0.29) is 5.97 Å². The Kier molecular flexibility index (Phi) is 5.63. The van der Waals surface area contributed by atoms with Crippen LogP contribution >= 0.6 is 0 Å². The minimum Gasteiger partial charge on any atom is -0.463 e. The fraction of sp³-hybridized carbons (Fsp3) is 0.438. The third-order valence-corrected chi connectivity index (χ3v) is 3.07. The molecule has 0 aliphatic heterocycles. The maximum Gasteiger partial charge on any atom is 0.333 e. The number of hydrogen-bond donors (Lipinski definition) is 0. The molecule has 0 unspecified atom stereocenters. The Hall–Kier alpha value is -1.57. The van der Waals surface area contributed by atoms with Crippen LogP contribution < -0.4 is 0 Å². The highest BCUT2D eigenvalue weighted by atomic mass is 16.5. The molecule has 1 rings (SSSR count). The molecule has 0 heterocycles. The molecule has 2 heteroatoms. The number of rotatable bonds is 5. The van der Waals surface area contributed by atoms with E-state index in [1.807, 2.05) is 20.8 Å². The van der Waals surface area contributed by atoms with E-state index in [0.29, 0.717) is 12.2 Å². The molecule has 98 valence electrons. The monoisotopic (exact) mass is 246 g/mol. The van der Waals surface area contributed by atoms with Crippen molar-refractivity contribution in [1.29, 1.82) is 0 Å². The van der Waals surface area contributed by atoms with Crippen molar-refractivity contribution >= 4 is 11.5 Å². The lowest BCUT2D eigenvalue weighted by molar-refractivity contribution is -0.138. The molecule has 0 aliphatic carbocycles. The number of ether oxygens (including phenoxy) is 1. The van der Waals surface area contributed by atoms with Gasteiger partial charge < -0.3 is 4.74 Å². The molecular formula is C16H22O2. The van der Waals surface area contributed by atoms with Crippen molar-refractivity contribution in [2.24, 2.45) is 0 Å². The van der Waals surface area contributed by atoms with E-state index in [0.717, 1.165) is 24.0 Å². The summed E-state index contributed by atoms with van der Waals surface area (Å²) < 4.78 is 5.01. The third kappa shape index (κ3) is 3.73. The van der Waals surface area contributed by atoms with Crippen LogP contribution in [0.4, 0.5) is 0 Å². The highest BCUT2D eigenvalue weighted by molar-refractivity contribution is 5.96. The molecule has 0 amide bonds. The summed E-state index contributed by atoms with van der Waals surface area (Å²) in [6.45, 7) is 8.18. The third-order valence-electron chi connectivity index (χ3n) is 3.07. The summed E-state index contributed by atoms with van der Waals surface area (Å²) >= 11 is 0. The first kappa shape index (κ1) is 14.5. The van der Waals surface area contributed by atoms with Crippen molar-refractivity contribution in [1.82, 2.24) is 0 Å². The van der Waals surface area contributed by atoms with Gasteiger partial charge in [-0.05, 0) is 43.9 Å². The van der Waals surface area contributed by atoms with E-state index in [2.05, 4.69) is 31.2 Å². The first-order chi connectivity index (χ1) is 8.60. The summed E-state index contributed by atoms with van der Waals surface area (Å²) in [6.07, 6.45) is 2.25. The fourth-order valence-corrected chi connectivity index (χ4v) is 1.82. The Labute approximate surface area is 110 Å². The van der Waals surface area contributed by atoms with Crippen molar-refractivity contribution in [2.45, 2.75) is 40.5 Å². The predicted molar refractivity (Wildman–Crippen MR) is 75.3 cm³/mol. The van der Waals surface area contributed by atoms with Gasteiger partial charge in [0.15, 0.2) is 0 Å². The average molecular weight is 246 g/mol. The zero-order valence-electron chi connectivity index (χ0n) is 11.7. The van der Waals surface area contributed by atoms with Crippen molar-refractivity contribution in [2.75, 3.05) is 6.61 Å². The SMILES string of the molecule is CCCc1ccc(/C(C)=C(/C)C(=O)OCC)cc1. The van der Waals surface area contributed by atoms with Crippen LogP contribution in [0.5, 0.6) is 0 Å². The lowest BCUT2D eigenvalue weighted by Crippen LogP contribution is -2.06. The number of aryl methyl sites for hydroxylation is 1. The number of carbonyl (C=O) groups is 1. The van der Waals surface area contributed by atoms with Gasteiger partial charge in [0.25, 0.3) is 0 Å². The predicted octanol–water partition coefficient (Wildman–Crippen LogP) is 4.00. The summed E-state index contributed by atoms with van der Waals surface area (Å²) in [5, 5.41) is 0. The van der Waals surface area contributed by atoms with Crippen LogP contribution in [0.2, 0.25) is 0 Å². The fourth-order valence-electron chi connectivity index (χ4n) is 1.82. The Morgan fingerprint density at radius 1 is 1.11 bits per heavy atom. The second kappa shape index (κ2) is 7.00. The van der Waals surface area contributed by atoms with Gasteiger partial charge in [0.05, 0.1) is 6.61 Å². The van der Waals surface area contributed by atoms with Gasteiger partial charge in [-0.1, -0.05) is 37.6 Å². The second-order valence-electron chi connectivity index (χ2n) is 4.42. The summed E-state index contributed by atoms with van der Waals surface area (Å²) in [7, 11) is 0. The number of hydrogen-bond acceptors (Lipinski definition) is 2. The van der Waals surface area contributed by atoms with Crippen LogP contribution in [-0.2, 0) is 16.0 Å². The first-order valence-corrected chi connectivity index (χ1v) is 6.54. The molecule has 0 saturated carbocycles. The average Bonchev–Trinajstić information content (AvgIpc) is 2.38. The minimum absolute atomic E-state index is 0.229. The molecule has 0 saturated heterocycles. The molecule has 0 aromatic heterocycles. The van der Waals surface area contributed by atoms with E-state index in [1.165, 1.54) is 5.56 Å². The van der Waals surface area contributed by atoms with Gasteiger partial charge in [-0.15, -0.1) is 0 Å². The van der Waals surface area contributed by atoms with Crippen molar-refractivity contribution in [3.8, 4) is 0 Å². The maximum absolute atomic E-state index is 11.6. The van der Waals surface area contributed by atoms with Gasteiger partial charge in [-0.3, -0.25) is 0 Å². The largest absolute Gasteiger partial charge is 0.463 e. The Morgan fingerprint density at radius 2 is 1.72 bits per heavy atom. The topological polar surface area (TPSA) is 26.3 Å². The van der Waals surface area contributed by atoms with Crippen LogP contribution in [0.3, 0.4) is 0 Å². The molecule has 18 heavy (non-hydrogen) atoms. The van der Waals surface area contributed by atoms with Crippen molar-refractivity contribution in [3.05, 3.63) is 41.0 Å². The summed E-state index contributed by atoms with van der Waals surface area (Å²) in [6, 6.07) is 8.40. The molecule has 2 nitrogen and oxygen atoms in total. The molecular weight excluding hydrogens is 224 g/mol. The molecule has 0 radical (unpaired) electrons. The van der Waals surface area contributed by atoms with E-state index >= 15 is 0 Å². The molecule has 0 bridgehead atoms. The molecule has 0 spiro atoms. The standard InChI is InChI=1S/C16H22O2/c1-5-7-14-8-10-15(11-9-14)12(3)13(4)16(17)18-6-2/h8-11H,5-7H2,1-4H3/b13-12-. The van der Waals surface area contributed by atoms with Crippen LogP contribution in [0.15, 0.2) is 29.8 Å². The Balaban J connectivity index is 2.91. The Morgan fingerprint density at radius 3 is 2.22 bits per heavy atom. The van der Waals surface area contributed by atoms with E-state index in [4.69, 9.17) is 4.74 Å². The van der Waals surface area contributed by atoms with Gasteiger partial charge >= 0.3 is 5.97 Å². The van der Waals surface area contributed by atoms with Crippen LogP contribution in [0.25, 0.3) is 5.57 Å². The molecule has 0 atom stereocenters. The van der Waals surface area contributed by atoms with Gasteiger partial charge in [-0.25, -0.2) is 4.79 Å². The van der Waals surface area contributed by atoms with Crippen LogP contribution in [-0.4, -0.2) is 12.6 Å². The highest BCUT2D eigenvalue weighted by Gasteiger charge is 2.09. The summed E-state index contributed by atoms with van der Waals surface area (Å²) in [5.74, 6) is -0.229. The molecule has 1 aromatic carbocycles. The highest BCUT2D eigenvalue weighted by Crippen LogP contribution is 2.20.